The van der Waals surface area contributed by atoms with E-state index in [1.807, 2.05) is 25.7 Å². The molecule has 0 spiro atoms. The Hall–Kier alpha value is -1.49. The standard InChI is InChI=1S/C9H11.C5H5.2CH2O.Fe/c1-2-6-9-7-4-3-5-8-9;1-2-4-5-3-1;2*1-2;/h3-4,9H,1,5,7-8H2;1-3H,4H2;2*1H2;/q2*-1;;;+2. The van der Waals surface area contributed by atoms with Crippen LogP contribution in [-0.4, -0.2) is 13.6 Å². The van der Waals surface area contributed by atoms with Crippen LogP contribution in [0.2, 0.25) is 0 Å². The van der Waals surface area contributed by atoms with Gasteiger partial charge in [0.2, 0.25) is 0 Å². The predicted molar refractivity (Wildman–Crippen MR) is 75.4 cm³/mol. The second kappa shape index (κ2) is 21.8. The first-order valence-electron chi connectivity index (χ1n) is 5.65. The molecule has 0 N–H and O–H groups in total. The van der Waals surface area contributed by atoms with Crippen molar-refractivity contribution >= 4 is 13.6 Å². The van der Waals surface area contributed by atoms with Gasteiger partial charge in [0.1, 0.15) is 13.6 Å². The van der Waals surface area contributed by atoms with Gasteiger partial charge in [0.05, 0.1) is 0 Å². The third-order valence-corrected chi connectivity index (χ3v) is 2.16. The third-order valence-electron chi connectivity index (χ3n) is 2.16. The van der Waals surface area contributed by atoms with E-state index < -0.39 is 0 Å². The van der Waals surface area contributed by atoms with E-state index in [1.165, 1.54) is 12.8 Å². The molecule has 0 aromatic carbocycles. The Morgan fingerprint density at radius 2 is 1.84 bits per heavy atom. The number of carbonyl (C=O) groups excluding carboxylic acids is 2. The van der Waals surface area contributed by atoms with Crippen LogP contribution in [0, 0.1) is 30.8 Å². The number of rotatable bonds is 0. The van der Waals surface area contributed by atoms with Gasteiger partial charge < -0.3 is 15.5 Å². The molecule has 2 aliphatic rings. The fourth-order valence-corrected chi connectivity index (χ4v) is 1.41. The molecule has 0 saturated carbocycles. The van der Waals surface area contributed by atoms with E-state index in [0.29, 0.717) is 5.92 Å². The van der Waals surface area contributed by atoms with Crippen molar-refractivity contribution in [1.82, 2.24) is 0 Å². The molecular weight excluding hydrogens is 280 g/mol. The molecular formula is C16H20FeO2. The summed E-state index contributed by atoms with van der Waals surface area (Å²) in [4.78, 5) is 16.0. The molecule has 0 saturated heterocycles. The molecule has 0 fully saturated rings. The Bertz CT molecular complexity index is 309. The molecule has 2 aliphatic carbocycles. The minimum atomic E-state index is 0. The van der Waals surface area contributed by atoms with Crippen LogP contribution in [-0.2, 0) is 26.7 Å². The van der Waals surface area contributed by atoms with Gasteiger partial charge in [-0.15, -0.1) is 6.42 Å². The molecule has 0 aromatic heterocycles. The summed E-state index contributed by atoms with van der Waals surface area (Å²) in [5.41, 5.74) is 0. The van der Waals surface area contributed by atoms with Crippen molar-refractivity contribution in [3.05, 3.63) is 43.4 Å². The van der Waals surface area contributed by atoms with Crippen LogP contribution in [0.4, 0.5) is 0 Å². The van der Waals surface area contributed by atoms with Gasteiger partial charge in [0.25, 0.3) is 0 Å². The first kappa shape index (κ1) is 22.7. The summed E-state index contributed by atoms with van der Waals surface area (Å²) in [5, 5.41) is 0. The number of carbonyl (C=O) groups is 2. The molecule has 0 aliphatic heterocycles. The minimum absolute atomic E-state index is 0. The van der Waals surface area contributed by atoms with Crippen molar-refractivity contribution in [3.63, 3.8) is 0 Å². The van der Waals surface area contributed by atoms with E-state index in [0.717, 1.165) is 12.8 Å². The molecule has 1 atom stereocenters. The summed E-state index contributed by atoms with van der Waals surface area (Å²) in [6, 6.07) is 0. The first-order chi connectivity index (χ1) is 8.93. The van der Waals surface area contributed by atoms with Gasteiger partial charge in [-0.2, -0.15) is 13.0 Å². The molecule has 3 heteroatoms. The quantitative estimate of drug-likeness (QED) is 0.298. The van der Waals surface area contributed by atoms with Crippen LogP contribution in [0.5, 0.6) is 0 Å². The van der Waals surface area contributed by atoms with Crippen LogP contribution in [0.3, 0.4) is 0 Å². The summed E-state index contributed by atoms with van der Waals surface area (Å²) in [5.74, 6) is 6.37. The van der Waals surface area contributed by atoms with Gasteiger partial charge in [0, 0.05) is 0 Å². The van der Waals surface area contributed by atoms with Gasteiger partial charge in [-0.25, -0.2) is 12.2 Å². The average molecular weight is 300 g/mol. The number of hydrogen-bond acceptors (Lipinski definition) is 2. The van der Waals surface area contributed by atoms with Gasteiger partial charge in [-0.1, -0.05) is 24.5 Å². The second-order valence-electron chi connectivity index (χ2n) is 3.31. The van der Waals surface area contributed by atoms with Crippen LogP contribution < -0.4 is 0 Å². The summed E-state index contributed by atoms with van der Waals surface area (Å²) in [7, 11) is 0. The topological polar surface area (TPSA) is 34.1 Å². The molecule has 0 bridgehead atoms. The molecule has 0 radical (unpaired) electrons. The summed E-state index contributed by atoms with van der Waals surface area (Å²) in [6.45, 7) is 7.49. The van der Waals surface area contributed by atoms with Crippen LogP contribution in [0.1, 0.15) is 25.7 Å². The van der Waals surface area contributed by atoms with Crippen molar-refractivity contribution in [2.45, 2.75) is 25.7 Å². The van der Waals surface area contributed by atoms with Gasteiger partial charge in [0.15, 0.2) is 0 Å². The molecule has 1 unspecified atom stereocenters. The van der Waals surface area contributed by atoms with E-state index in [1.54, 1.807) is 0 Å². The second-order valence-corrected chi connectivity index (χ2v) is 3.31. The van der Waals surface area contributed by atoms with E-state index >= 15 is 0 Å². The smallest absolute Gasteiger partial charge is 0.324 e. The van der Waals surface area contributed by atoms with Crippen LogP contribution in [0.25, 0.3) is 0 Å². The maximum Gasteiger partial charge on any atom is 2.00 e. The monoisotopic (exact) mass is 300 g/mol. The third kappa shape index (κ3) is 16.5. The van der Waals surface area contributed by atoms with Gasteiger partial charge in [-0.3, -0.25) is 12.0 Å². The molecule has 19 heavy (non-hydrogen) atoms. The van der Waals surface area contributed by atoms with E-state index in [-0.39, 0.29) is 17.1 Å². The van der Waals surface area contributed by atoms with E-state index in [4.69, 9.17) is 9.59 Å². The Balaban J connectivity index is -0.000000220. The van der Waals surface area contributed by atoms with Crippen molar-refractivity contribution in [1.29, 1.82) is 0 Å². The van der Waals surface area contributed by atoms with Gasteiger partial charge in [-0.05, 0) is 12.8 Å². The van der Waals surface area contributed by atoms with E-state index in [9.17, 15) is 0 Å². The SMILES string of the molecule is C=O.C=O.[C-]1=CC=CC1.[CH2-]C#CC1CC=CCC1.[Fe+2]. The zero-order valence-corrected chi connectivity index (χ0v) is 12.2. The van der Waals surface area contributed by atoms with Crippen molar-refractivity contribution in [2.75, 3.05) is 0 Å². The summed E-state index contributed by atoms with van der Waals surface area (Å²) < 4.78 is 0. The zero-order chi connectivity index (χ0) is 14.1. The molecule has 2 nitrogen and oxygen atoms in total. The Labute approximate surface area is 127 Å². The Morgan fingerprint density at radius 3 is 2.16 bits per heavy atom. The molecule has 104 valence electrons. The van der Waals surface area contributed by atoms with E-state index in [2.05, 4.69) is 43.1 Å². The normalized spacial score (nSPS) is 16.7. The molecule has 0 heterocycles. The predicted octanol–water partition coefficient (Wildman–Crippen LogP) is 3.11. The first-order valence-corrected chi connectivity index (χ1v) is 5.65. The fourth-order valence-electron chi connectivity index (χ4n) is 1.41. The average Bonchev–Trinajstić information content (AvgIpc) is 3.04. The maximum atomic E-state index is 8.00. The summed E-state index contributed by atoms with van der Waals surface area (Å²) >= 11 is 0. The zero-order valence-electron chi connectivity index (χ0n) is 11.1. The minimum Gasteiger partial charge on any atom is -0.324 e. The van der Waals surface area contributed by atoms with Crippen LogP contribution >= 0.6 is 0 Å². The summed E-state index contributed by atoms with van der Waals surface area (Å²) in [6.07, 6.45) is 18.0. The van der Waals surface area contributed by atoms with Gasteiger partial charge >= 0.3 is 17.1 Å². The fraction of sp³-hybridized carbons (Fsp3) is 0.312. The molecule has 0 aromatic rings. The largest absolute Gasteiger partial charge is 2.00 e. The number of hydrogen-bond donors (Lipinski definition) is 0. The number of allylic oxidation sites excluding steroid dienone is 6. The van der Waals surface area contributed by atoms with Crippen molar-refractivity contribution in [2.24, 2.45) is 5.92 Å². The van der Waals surface area contributed by atoms with Crippen molar-refractivity contribution in [3.8, 4) is 11.8 Å². The Kier molecular flexibility index (Phi) is 26.0. The maximum absolute atomic E-state index is 8.00. The van der Waals surface area contributed by atoms with Crippen molar-refractivity contribution < 1.29 is 26.7 Å². The Morgan fingerprint density at radius 1 is 1.16 bits per heavy atom. The van der Waals surface area contributed by atoms with Crippen LogP contribution in [0.15, 0.2) is 30.4 Å². The molecule has 0 amide bonds. The molecule has 2 rings (SSSR count).